The minimum Gasteiger partial charge on any atom is -0.380 e. The van der Waals surface area contributed by atoms with Crippen LogP contribution in [0, 0.1) is 0 Å². The molecule has 0 spiro atoms. The molecule has 0 aliphatic carbocycles. The smallest absolute Gasteiger partial charge is 0.380 e. The summed E-state index contributed by atoms with van der Waals surface area (Å²) in [5, 5.41) is 5.22. The maximum atomic E-state index is 12.3. The van der Waals surface area contributed by atoms with Crippen LogP contribution in [-0.4, -0.2) is 47.3 Å². The van der Waals surface area contributed by atoms with Crippen molar-refractivity contribution >= 4 is 5.91 Å². The van der Waals surface area contributed by atoms with Gasteiger partial charge in [-0.1, -0.05) is 0 Å². The number of halogens is 3. The van der Waals surface area contributed by atoms with Gasteiger partial charge in [-0.15, -0.1) is 0 Å². The summed E-state index contributed by atoms with van der Waals surface area (Å²) < 4.78 is 42.1. The molecule has 5 nitrogen and oxygen atoms in total. The van der Waals surface area contributed by atoms with Crippen molar-refractivity contribution in [2.75, 3.05) is 20.2 Å². The van der Waals surface area contributed by atoms with Crippen molar-refractivity contribution in [1.82, 2.24) is 15.1 Å². The minimum absolute atomic E-state index is 0.0602. The number of aromatic nitrogens is 2. The molecule has 0 bridgehead atoms. The lowest BCUT2D eigenvalue weighted by molar-refractivity contribution is -0.141. The quantitative estimate of drug-likeness (QED) is 0.874. The molecule has 1 aromatic rings. The van der Waals surface area contributed by atoms with E-state index in [4.69, 9.17) is 4.74 Å². The lowest BCUT2D eigenvalue weighted by Crippen LogP contribution is -2.30. The van der Waals surface area contributed by atoms with Crippen LogP contribution in [0.25, 0.3) is 0 Å². The highest BCUT2D eigenvalue weighted by Crippen LogP contribution is 2.28. The molecule has 1 aliphatic heterocycles. The van der Waals surface area contributed by atoms with Crippen molar-refractivity contribution in [1.29, 1.82) is 0 Å². The SMILES string of the molecule is CO[C@@H]1CCN(C(=O)c2cc(C(F)(F)F)[nH]n2)C1. The molecule has 1 atom stereocenters. The number of alkyl halides is 3. The highest BCUT2D eigenvalue weighted by Gasteiger charge is 2.35. The molecular weight excluding hydrogens is 251 g/mol. The van der Waals surface area contributed by atoms with Crippen molar-refractivity contribution in [3.8, 4) is 0 Å². The Bertz CT molecular complexity index is 444. The lowest BCUT2D eigenvalue weighted by Gasteiger charge is -2.14. The Kier molecular flexibility index (Phi) is 3.29. The average molecular weight is 263 g/mol. The summed E-state index contributed by atoms with van der Waals surface area (Å²) in [5.41, 5.74) is -1.24. The number of carbonyl (C=O) groups is 1. The Morgan fingerprint density at radius 2 is 2.33 bits per heavy atom. The third-order valence-electron chi connectivity index (χ3n) is 2.87. The Balaban J connectivity index is 2.08. The molecule has 1 aromatic heterocycles. The van der Waals surface area contributed by atoms with Gasteiger partial charge in [-0.2, -0.15) is 18.3 Å². The average Bonchev–Trinajstić information content (AvgIpc) is 2.96. The third-order valence-corrected chi connectivity index (χ3v) is 2.87. The second kappa shape index (κ2) is 4.60. The summed E-state index contributed by atoms with van der Waals surface area (Å²) in [6.45, 7) is 0.842. The summed E-state index contributed by atoms with van der Waals surface area (Å²) in [7, 11) is 1.54. The molecule has 1 saturated heterocycles. The fourth-order valence-electron chi connectivity index (χ4n) is 1.84. The predicted molar refractivity (Wildman–Crippen MR) is 54.9 cm³/mol. The van der Waals surface area contributed by atoms with Crippen molar-refractivity contribution < 1.29 is 22.7 Å². The molecule has 2 rings (SSSR count). The van der Waals surface area contributed by atoms with Crippen molar-refractivity contribution in [2.45, 2.75) is 18.7 Å². The Labute approximate surface area is 101 Å². The summed E-state index contributed by atoms with van der Waals surface area (Å²) in [6, 6.07) is 0.725. The first-order valence-corrected chi connectivity index (χ1v) is 5.36. The Morgan fingerprint density at radius 3 is 2.83 bits per heavy atom. The second-order valence-electron chi connectivity index (χ2n) is 4.06. The number of nitrogens with one attached hydrogen (secondary N) is 1. The van der Waals surface area contributed by atoms with Crippen molar-refractivity contribution in [3.05, 3.63) is 17.5 Å². The summed E-state index contributed by atoms with van der Waals surface area (Å²) in [6.07, 6.45) is -3.90. The third kappa shape index (κ3) is 2.47. The first-order valence-electron chi connectivity index (χ1n) is 5.36. The molecule has 2 heterocycles. The zero-order chi connectivity index (χ0) is 13.3. The predicted octanol–water partition coefficient (Wildman–Crippen LogP) is 1.29. The number of amides is 1. The van der Waals surface area contributed by atoms with Crippen LogP contribution in [0.3, 0.4) is 0 Å². The highest BCUT2D eigenvalue weighted by molar-refractivity contribution is 5.92. The number of methoxy groups -OCH3 is 1. The van der Waals surface area contributed by atoms with Gasteiger partial charge in [0.2, 0.25) is 0 Å². The standard InChI is InChI=1S/C10H12F3N3O2/c1-18-6-2-3-16(5-6)9(17)7-4-8(15-14-7)10(11,12)13/h4,6H,2-3,5H2,1H3,(H,14,15)/t6-/m1/s1. The highest BCUT2D eigenvalue weighted by atomic mass is 19.4. The van der Waals surface area contributed by atoms with Crippen molar-refractivity contribution in [3.63, 3.8) is 0 Å². The molecular formula is C10H12F3N3O2. The summed E-state index contributed by atoms with van der Waals surface area (Å²) in [4.78, 5) is 13.3. The van der Waals surface area contributed by atoms with E-state index in [1.54, 1.807) is 0 Å². The van der Waals surface area contributed by atoms with Crippen molar-refractivity contribution in [2.24, 2.45) is 0 Å². The molecule has 0 radical (unpaired) electrons. The van der Waals surface area contributed by atoms with Gasteiger partial charge < -0.3 is 9.64 Å². The van der Waals surface area contributed by atoms with Gasteiger partial charge in [0.25, 0.3) is 5.91 Å². The molecule has 1 amide bonds. The van der Waals surface area contributed by atoms with Gasteiger partial charge in [-0.25, -0.2) is 0 Å². The zero-order valence-electron chi connectivity index (χ0n) is 9.62. The largest absolute Gasteiger partial charge is 0.432 e. The molecule has 1 fully saturated rings. The molecule has 0 saturated carbocycles. The number of aromatic amines is 1. The van der Waals surface area contributed by atoms with Gasteiger partial charge in [-0.3, -0.25) is 9.89 Å². The van der Waals surface area contributed by atoms with Crippen LogP contribution in [0.2, 0.25) is 0 Å². The maximum absolute atomic E-state index is 12.3. The molecule has 1 N–H and O–H groups in total. The van der Waals surface area contributed by atoms with Gasteiger partial charge in [0.15, 0.2) is 5.69 Å². The number of hydrogen-bond donors (Lipinski definition) is 1. The number of H-pyrrole nitrogens is 1. The van der Waals surface area contributed by atoms with Crippen LogP contribution in [0.1, 0.15) is 22.6 Å². The molecule has 0 aromatic carbocycles. The molecule has 0 unspecified atom stereocenters. The number of likely N-dealkylation sites (tertiary alicyclic amines) is 1. The summed E-state index contributed by atoms with van der Waals surface area (Å²) in [5.74, 6) is -0.513. The number of rotatable bonds is 2. The normalized spacial score (nSPS) is 20.4. The monoisotopic (exact) mass is 263 g/mol. The van der Waals surface area contributed by atoms with Crippen LogP contribution in [0.15, 0.2) is 6.07 Å². The maximum Gasteiger partial charge on any atom is 0.432 e. The van der Waals surface area contributed by atoms with Gasteiger partial charge in [0, 0.05) is 26.3 Å². The van der Waals surface area contributed by atoms with E-state index < -0.39 is 17.8 Å². The number of carbonyl (C=O) groups excluding carboxylic acids is 1. The molecule has 8 heteroatoms. The first-order chi connectivity index (χ1) is 8.41. The van der Waals surface area contributed by atoms with E-state index >= 15 is 0 Å². The zero-order valence-corrected chi connectivity index (χ0v) is 9.62. The van der Waals surface area contributed by atoms with E-state index in [9.17, 15) is 18.0 Å². The van der Waals surface area contributed by atoms with Gasteiger partial charge in [0.1, 0.15) is 5.69 Å². The van der Waals surface area contributed by atoms with E-state index in [0.717, 1.165) is 6.07 Å². The van der Waals surface area contributed by atoms with Gasteiger partial charge >= 0.3 is 6.18 Å². The van der Waals surface area contributed by atoms with Crippen LogP contribution in [0.5, 0.6) is 0 Å². The number of ether oxygens (including phenoxy) is 1. The number of hydrogen-bond acceptors (Lipinski definition) is 3. The van der Waals surface area contributed by atoms with Gasteiger partial charge in [-0.05, 0) is 6.42 Å². The summed E-state index contributed by atoms with van der Waals surface area (Å²) >= 11 is 0. The van der Waals surface area contributed by atoms with E-state index in [1.165, 1.54) is 12.0 Å². The van der Waals surface area contributed by atoms with Gasteiger partial charge in [0.05, 0.1) is 6.10 Å². The van der Waals surface area contributed by atoms with E-state index in [0.29, 0.717) is 19.5 Å². The van der Waals surface area contributed by atoms with Crippen LogP contribution in [-0.2, 0) is 10.9 Å². The number of nitrogens with zero attached hydrogens (tertiary/aromatic N) is 2. The molecule has 18 heavy (non-hydrogen) atoms. The molecule has 100 valence electrons. The fourth-order valence-corrected chi connectivity index (χ4v) is 1.84. The molecule has 1 aliphatic rings. The minimum atomic E-state index is -4.52. The Hall–Kier alpha value is -1.57. The van der Waals surface area contributed by atoms with Crippen LogP contribution < -0.4 is 0 Å². The topological polar surface area (TPSA) is 58.2 Å². The van der Waals surface area contributed by atoms with E-state index in [-0.39, 0.29) is 11.8 Å². The van der Waals surface area contributed by atoms with Crippen LogP contribution in [0.4, 0.5) is 13.2 Å². The lowest BCUT2D eigenvalue weighted by atomic mass is 10.3. The Morgan fingerprint density at radius 1 is 1.61 bits per heavy atom. The van der Waals surface area contributed by atoms with E-state index in [2.05, 4.69) is 5.10 Å². The van der Waals surface area contributed by atoms with Crippen LogP contribution >= 0.6 is 0 Å². The first kappa shape index (κ1) is 12.9. The second-order valence-corrected chi connectivity index (χ2v) is 4.06. The fraction of sp³-hybridized carbons (Fsp3) is 0.600. The van der Waals surface area contributed by atoms with E-state index in [1.807, 2.05) is 5.10 Å².